The molecule has 2 rings (SSSR count). The number of aromatic nitrogens is 3. The quantitative estimate of drug-likeness (QED) is 0.710. The van der Waals surface area contributed by atoms with Crippen molar-refractivity contribution in [2.45, 2.75) is 25.8 Å². The average Bonchev–Trinajstić information content (AvgIpc) is 2.83. The van der Waals surface area contributed by atoms with Crippen LogP contribution in [0.4, 0.5) is 11.9 Å². The number of nitrogens with two attached hydrogens (primary N) is 1. The normalized spacial score (nSPS) is 15.8. The van der Waals surface area contributed by atoms with Crippen LogP contribution in [-0.4, -0.2) is 28.0 Å². The molecule has 0 spiro atoms. The standard InChI is InChI=1S/C8H13N5/c1-5-10-7(9)12-8(11-5)13(2)6-3-4-6/h6H,3-4H2,1-2H3,(H2,9,10,11,12). The van der Waals surface area contributed by atoms with Crippen molar-refractivity contribution in [1.29, 1.82) is 0 Å². The molecule has 1 fully saturated rings. The van der Waals surface area contributed by atoms with E-state index in [-0.39, 0.29) is 0 Å². The van der Waals surface area contributed by atoms with E-state index in [0.717, 1.165) is 0 Å². The number of nitrogens with zero attached hydrogens (tertiary/aromatic N) is 4. The Balaban J connectivity index is 2.27. The van der Waals surface area contributed by atoms with E-state index in [1.165, 1.54) is 12.8 Å². The second-order valence-corrected chi connectivity index (χ2v) is 3.38. The summed E-state index contributed by atoms with van der Waals surface area (Å²) in [7, 11) is 1.99. The average molecular weight is 179 g/mol. The highest BCUT2D eigenvalue weighted by atomic mass is 15.3. The van der Waals surface area contributed by atoms with E-state index in [4.69, 9.17) is 5.73 Å². The molecule has 1 aromatic rings. The van der Waals surface area contributed by atoms with Crippen molar-refractivity contribution in [3.63, 3.8) is 0 Å². The van der Waals surface area contributed by atoms with Gasteiger partial charge in [0.15, 0.2) is 0 Å². The molecule has 5 heteroatoms. The van der Waals surface area contributed by atoms with E-state index < -0.39 is 0 Å². The van der Waals surface area contributed by atoms with Crippen molar-refractivity contribution >= 4 is 11.9 Å². The zero-order valence-electron chi connectivity index (χ0n) is 7.86. The molecule has 1 aromatic heterocycles. The van der Waals surface area contributed by atoms with Gasteiger partial charge >= 0.3 is 0 Å². The minimum absolute atomic E-state index is 0.301. The highest BCUT2D eigenvalue weighted by molar-refractivity contribution is 5.36. The first-order valence-electron chi connectivity index (χ1n) is 4.38. The molecule has 0 bridgehead atoms. The first-order valence-corrected chi connectivity index (χ1v) is 4.38. The molecule has 0 saturated heterocycles. The van der Waals surface area contributed by atoms with Gasteiger partial charge in [0.05, 0.1) is 0 Å². The van der Waals surface area contributed by atoms with Crippen LogP contribution < -0.4 is 10.6 Å². The molecule has 0 aliphatic heterocycles. The monoisotopic (exact) mass is 179 g/mol. The van der Waals surface area contributed by atoms with Crippen LogP contribution in [0.3, 0.4) is 0 Å². The lowest BCUT2D eigenvalue weighted by Crippen LogP contribution is -2.23. The summed E-state index contributed by atoms with van der Waals surface area (Å²) >= 11 is 0. The van der Waals surface area contributed by atoms with Gasteiger partial charge in [-0.05, 0) is 19.8 Å². The van der Waals surface area contributed by atoms with Crippen molar-refractivity contribution in [3.05, 3.63) is 5.82 Å². The molecule has 0 unspecified atom stereocenters. The molecule has 0 amide bonds. The lowest BCUT2D eigenvalue weighted by molar-refractivity contribution is 0.838. The molecule has 0 radical (unpaired) electrons. The lowest BCUT2D eigenvalue weighted by Gasteiger charge is -2.15. The zero-order valence-corrected chi connectivity index (χ0v) is 7.86. The molecule has 2 N–H and O–H groups in total. The van der Waals surface area contributed by atoms with E-state index in [1.54, 1.807) is 0 Å². The van der Waals surface area contributed by atoms with Gasteiger partial charge < -0.3 is 10.6 Å². The van der Waals surface area contributed by atoms with Gasteiger partial charge in [-0.25, -0.2) is 0 Å². The van der Waals surface area contributed by atoms with E-state index >= 15 is 0 Å². The molecule has 0 atom stereocenters. The smallest absolute Gasteiger partial charge is 0.230 e. The van der Waals surface area contributed by atoms with Gasteiger partial charge in [-0.1, -0.05) is 0 Å². The maximum atomic E-state index is 5.53. The van der Waals surface area contributed by atoms with Crippen LogP contribution in [0.15, 0.2) is 0 Å². The van der Waals surface area contributed by atoms with Crippen molar-refractivity contribution in [1.82, 2.24) is 15.0 Å². The maximum Gasteiger partial charge on any atom is 0.230 e. The Labute approximate surface area is 77.0 Å². The second kappa shape index (κ2) is 2.83. The molecule has 1 aliphatic rings. The highest BCUT2D eigenvalue weighted by Gasteiger charge is 2.28. The second-order valence-electron chi connectivity index (χ2n) is 3.38. The van der Waals surface area contributed by atoms with Crippen molar-refractivity contribution in [2.24, 2.45) is 0 Å². The summed E-state index contributed by atoms with van der Waals surface area (Å²) in [5.41, 5.74) is 5.53. The summed E-state index contributed by atoms with van der Waals surface area (Å²) in [6.45, 7) is 1.82. The third-order valence-corrected chi connectivity index (χ3v) is 2.16. The van der Waals surface area contributed by atoms with E-state index in [9.17, 15) is 0 Å². The predicted molar refractivity (Wildman–Crippen MR) is 50.4 cm³/mol. The number of aryl methyl sites for hydroxylation is 1. The van der Waals surface area contributed by atoms with Crippen molar-refractivity contribution < 1.29 is 0 Å². The molecular formula is C8H13N5. The fourth-order valence-corrected chi connectivity index (χ4v) is 1.27. The molecule has 1 aliphatic carbocycles. The highest BCUT2D eigenvalue weighted by Crippen LogP contribution is 2.28. The first-order chi connectivity index (χ1) is 6.16. The van der Waals surface area contributed by atoms with Crippen LogP contribution in [0.1, 0.15) is 18.7 Å². The lowest BCUT2D eigenvalue weighted by atomic mass is 10.6. The number of rotatable bonds is 2. The number of hydrogen-bond acceptors (Lipinski definition) is 5. The largest absolute Gasteiger partial charge is 0.368 e. The van der Waals surface area contributed by atoms with Crippen LogP contribution in [-0.2, 0) is 0 Å². The van der Waals surface area contributed by atoms with Gasteiger partial charge in [-0.3, -0.25) is 0 Å². The van der Waals surface area contributed by atoms with E-state index in [1.807, 2.05) is 14.0 Å². The van der Waals surface area contributed by atoms with Crippen LogP contribution >= 0.6 is 0 Å². The van der Waals surface area contributed by atoms with Crippen LogP contribution in [0.5, 0.6) is 0 Å². The Morgan fingerprint density at radius 3 is 2.54 bits per heavy atom. The van der Waals surface area contributed by atoms with Crippen LogP contribution in [0.2, 0.25) is 0 Å². The van der Waals surface area contributed by atoms with Gasteiger partial charge in [0.1, 0.15) is 5.82 Å². The van der Waals surface area contributed by atoms with E-state index in [2.05, 4.69) is 19.9 Å². The van der Waals surface area contributed by atoms with Gasteiger partial charge in [0.25, 0.3) is 0 Å². The number of anilines is 2. The van der Waals surface area contributed by atoms with E-state index in [0.29, 0.717) is 23.8 Å². The molecule has 0 aromatic carbocycles. The number of hydrogen-bond donors (Lipinski definition) is 1. The van der Waals surface area contributed by atoms with Crippen molar-refractivity contribution in [3.8, 4) is 0 Å². The fraction of sp³-hybridized carbons (Fsp3) is 0.625. The Kier molecular flexibility index (Phi) is 1.79. The molecule has 1 saturated carbocycles. The Morgan fingerprint density at radius 1 is 1.31 bits per heavy atom. The summed E-state index contributed by atoms with van der Waals surface area (Å²) < 4.78 is 0. The van der Waals surface area contributed by atoms with Gasteiger partial charge in [0.2, 0.25) is 11.9 Å². The predicted octanol–water partition coefficient (Wildman–Crippen LogP) is 0.361. The summed E-state index contributed by atoms with van der Waals surface area (Å²) in [6.07, 6.45) is 2.45. The summed E-state index contributed by atoms with van der Waals surface area (Å²) in [5.74, 6) is 1.66. The molecule has 70 valence electrons. The zero-order chi connectivity index (χ0) is 9.42. The fourth-order valence-electron chi connectivity index (χ4n) is 1.27. The molecule has 13 heavy (non-hydrogen) atoms. The van der Waals surface area contributed by atoms with Gasteiger partial charge in [0, 0.05) is 13.1 Å². The minimum atomic E-state index is 0.301. The Hall–Kier alpha value is -1.39. The molecule has 5 nitrogen and oxygen atoms in total. The Morgan fingerprint density at radius 2 is 2.00 bits per heavy atom. The van der Waals surface area contributed by atoms with Crippen molar-refractivity contribution in [2.75, 3.05) is 17.7 Å². The third-order valence-electron chi connectivity index (χ3n) is 2.16. The van der Waals surface area contributed by atoms with Crippen LogP contribution in [0.25, 0.3) is 0 Å². The Bertz CT molecular complexity index is 300. The SMILES string of the molecule is Cc1nc(N)nc(N(C)C2CC2)n1. The summed E-state index contributed by atoms with van der Waals surface area (Å²) in [6, 6.07) is 0.598. The minimum Gasteiger partial charge on any atom is -0.368 e. The first kappa shape index (κ1) is 8.22. The third kappa shape index (κ3) is 1.68. The van der Waals surface area contributed by atoms with Gasteiger partial charge in [-0.2, -0.15) is 15.0 Å². The molecular weight excluding hydrogens is 166 g/mol. The maximum absolute atomic E-state index is 5.53. The molecule has 1 heterocycles. The number of nitrogen functional groups attached to an aromatic ring is 1. The van der Waals surface area contributed by atoms with Gasteiger partial charge in [-0.15, -0.1) is 0 Å². The summed E-state index contributed by atoms with van der Waals surface area (Å²) in [5, 5.41) is 0. The summed E-state index contributed by atoms with van der Waals surface area (Å²) in [4.78, 5) is 14.3. The van der Waals surface area contributed by atoms with Crippen LogP contribution in [0, 0.1) is 6.92 Å². The topological polar surface area (TPSA) is 67.9 Å².